The van der Waals surface area contributed by atoms with Crippen LogP contribution in [0, 0.1) is 6.92 Å². The number of nitrogen functional groups attached to an aromatic ring is 1. The van der Waals surface area contributed by atoms with Gasteiger partial charge in [0.15, 0.2) is 0 Å². The van der Waals surface area contributed by atoms with E-state index in [2.05, 4.69) is 9.88 Å². The minimum absolute atomic E-state index is 0.0969. The SMILES string of the molecule is COCCN(CCO)c1ccc(N)c2cnc(C)cc12. The van der Waals surface area contributed by atoms with Gasteiger partial charge in [0, 0.05) is 54.2 Å². The standard InChI is InChI=1S/C15H21N3O2/c1-11-9-12-13(10-17-11)14(16)3-4-15(12)18(5-7-19)6-8-20-2/h3-4,9-10,19H,5-8,16H2,1-2H3. The number of nitrogens with zero attached hydrogens (tertiary/aromatic N) is 2. The predicted molar refractivity (Wildman–Crippen MR) is 82.1 cm³/mol. The van der Waals surface area contributed by atoms with Crippen LogP contribution in [0.4, 0.5) is 11.4 Å². The highest BCUT2D eigenvalue weighted by Gasteiger charge is 2.12. The molecule has 0 aliphatic carbocycles. The van der Waals surface area contributed by atoms with Gasteiger partial charge in [-0.1, -0.05) is 0 Å². The largest absolute Gasteiger partial charge is 0.398 e. The van der Waals surface area contributed by atoms with Crippen molar-refractivity contribution in [1.82, 2.24) is 4.98 Å². The van der Waals surface area contributed by atoms with E-state index in [0.717, 1.165) is 28.7 Å². The van der Waals surface area contributed by atoms with Gasteiger partial charge in [0.05, 0.1) is 13.2 Å². The number of aliphatic hydroxyl groups excluding tert-OH is 1. The lowest BCUT2D eigenvalue weighted by Gasteiger charge is -2.25. The fourth-order valence-corrected chi connectivity index (χ4v) is 2.30. The summed E-state index contributed by atoms with van der Waals surface area (Å²) in [6.45, 7) is 3.94. The van der Waals surface area contributed by atoms with Crippen LogP contribution >= 0.6 is 0 Å². The molecule has 0 unspecified atom stereocenters. The van der Waals surface area contributed by atoms with Crippen LogP contribution < -0.4 is 10.6 Å². The van der Waals surface area contributed by atoms with E-state index in [1.807, 2.05) is 25.1 Å². The zero-order chi connectivity index (χ0) is 14.5. The molecule has 1 heterocycles. The molecule has 1 aromatic carbocycles. The Morgan fingerprint density at radius 1 is 1.30 bits per heavy atom. The average Bonchev–Trinajstić information content (AvgIpc) is 2.44. The molecular formula is C15H21N3O2. The number of pyridine rings is 1. The van der Waals surface area contributed by atoms with Gasteiger partial charge in [-0.3, -0.25) is 4.98 Å². The van der Waals surface area contributed by atoms with Crippen LogP contribution in [0.25, 0.3) is 10.8 Å². The van der Waals surface area contributed by atoms with Crippen LogP contribution in [0.5, 0.6) is 0 Å². The van der Waals surface area contributed by atoms with Gasteiger partial charge in [0.1, 0.15) is 0 Å². The van der Waals surface area contributed by atoms with Gasteiger partial charge in [0.25, 0.3) is 0 Å². The van der Waals surface area contributed by atoms with Crippen LogP contribution in [-0.2, 0) is 4.74 Å². The fourth-order valence-electron chi connectivity index (χ4n) is 2.30. The van der Waals surface area contributed by atoms with Crippen molar-refractivity contribution in [2.24, 2.45) is 0 Å². The topological polar surface area (TPSA) is 71.6 Å². The first-order valence-electron chi connectivity index (χ1n) is 6.67. The smallest absolute Gasteiger partial charge is 0.0637 e. The molecule has 1 aromatic heterocycles. The lowest BCUT2D eigenvalue weighted by atomic mass is 10.1. The number of nitrogens with two attached hydrogens (primary N) is 1. The number of hydrogen-bond acceptors (Lipinski definition) is 5. The van der Waals surface area contributed by atoms with E-state index in [1.54, 1.807) is 13.3 Å². The van der Waals surface area contributed by atoms with Crippen LogP contribution in [0.15, 0.2) is 24.4 Å². The van der Waals surface area contributed by atoms with Crippen LogP contribution in [0.1, 0.15) is 5.69 Å². The molecule has 0 aliphatic heterocycles. The summed E-state index contributed by atoms with van der Waals surface area (Å²) >= 11 is 0. The highest BCUT2D eigenvalue weighted by atomic mass is 16.5. The molecule has 3 N–H and O–H groups in total. The first-order chi connectivity index (χ1) is 9.67. The zero-order valence-corrected chi connectivity index (χ0v) is 12.0. The third kappa shape index (κ3) is 3.00. The number of benzene rings is 1. The molecule has 0 aliphatic rings. The molecule has 2 aromatic rings. The first-order valence-corrected chi connectivity index (χ1v) is 6.67. The molecule has 0 saturated heterocycles. The van der Waals surface area contributed by atoms with E-state index in [9.17, 15) is 5.11 Å². The van der Waals surface area contributed by atoms with Gasteiger partial charge in [-0.25, -0.2) is 0 Å². The second-order valence-corrected chi connectivity index (χ2v) is 4.75. The number of fused-ring (bicyclic) bond motifs is 1. The van der Waals surface area contributed by atoms with Crippen molar-refractivity contribution in [3.8, 4) is 0 Å². The zero-order valence-electron chi connectivity index (χ0n) is 12.0. The van der Waals surface area contributed by atoms with Crippen LogP contribution in [0.2, 0.25) is 0 Å². The number of rotatable bonds is 6. The summed E-state index contributed by atoms with van der Waals surface area (Å²) in [5, 5.41) is 11.3. The Morgan fingerprint density at radius 2 is 2.10 bits per heavy atom. The Morgan fingerprint density at radius 3 is 2.80 bits per heavy atom. The third-order valence-corrected chi connectivity index (χ3v) is 3.32. The van der Waals surface area contributed by atoms with Gasteiger partial charge in [0.2, 0.25) is 0 Å². The molecule has 0 bridgehead atoms. The maximum Gasteiger partial charge on any atom is 0.0637 e. The van der Waals surface area contributed by atoms with Crippen LogP contribution in [0.3, 0.4) is 0 Å². The maximum atomic E-state index is 9.26. The highest BCUT2D eigenvalue weighted by Crippen LogP contribution is 2.30. The Balaban J connectivity index is 2.50. The molecule has 2 rings (SSSR count). The monoisotopic (exact) mass is 275 g/mol. The quantitative estimate of drug-likeness (QED) is 0.783. The molecule has 0 fully saturated rings. The lowest BCUT2D eigenvalue weighted by Crippen LogP contribution is -2.30. The highest BCUT2D eigenvalue weighted by molar-refractivity contribution is 6.01. The summed E-state index contributed by atoms with van der Waals surface area (Å²) in [7, 11) is 1.67. The van der Waals surface area contributed by atoms with Gasteiger partial charge in [-0.05, 0) is 25.1 Å². The van der Waals surface area contributed by atoms with E-state index >= 15 is 0 Å². The molecule has 0 atom stereocenters. The minimum Gasteiger partial charge on any atom is -0.398 e. The second-order valence-electron chi connectivity index (χ2n) is 4.75. The predicted octanol–water partition coefficient (Wildman–Crippen LogP) is 1.57. The number of ether oxygens (including phenoxy) is 1. The summed E-state index contributed by atoms with van der Waals surface area (Å²) in [5.74, 6) is 0. The molecule has 0 radical (unpaired) electrons. The van der Waals surface area contributed by atoms with Gasteiger partial charge < -0.3 is 20.5 Å². The molecular weight excluding hydrogens is 254 g/mol. The normalized spacial score (nSPS) is 10.9. The number of hydrogen-bond donors (Lipinski definition) is 2. The van der Waals surface area contributed by atoms with Gasteiger partial charge in [-0.15, -0.1) is 0 Å². The third-order valence-electron chi connectivity index (χ3n) is 3.32. The van der Waals surface area contributed by atoms with Crippen molar-refractivity contribution in [2.45, 2.75) is 6.92 Å². The summed E-state index contributed by atoms with van der Waals surface area (Å²) < 4.78 is 5.14. The molecule has 108 valence electrons. The van der Waals surface area contributed by atoms with Crippen molar-refractivity contribution in [1.29, 1.82) is 0 Å². The molecule has 5 nitrogen and oxygen atoms in total. The molecule has 0 saturated carbocycles. The number of anilines is 2. The van der Waals surface area contributed by atoms with E-state index in [0.29, 0.717) is 18.8 Å². The summed E-state index contributed by atoms with van der Waals surface area (Å²) in [6.07, 6.45) is 1.80. The Bertz CT molecular complexity index is 587. The van der Waals surface area contributed by atoms with Crippen molar-refractivity contribution < 1.29 is 9.84 Å². The number of aliphatic hydroxyl groups is 1. The van der Waals surface area contributed by atoms with E-state index in [-0.39, 0.29) is 6.61 Å². The molecule has 0 amide bonds. The Labute approximate surface area is 119 Å². The number of aryl methyl sites for hydroxylation is 1. The van der Waals surface area contributed by atoms with E-state index < -0.39 is 0 Å². The average molecular weight is 275 g/mol. The summed E-state index contributed by atoms with van der Waals surface area (Å²) in [5.41, 5.74) is 8.72. The van der Waals surface area contributed by atoms with Gasteiger partial charge in [-0.2, -0.15) is 0 Å². The van der Waals surface area contributed by atoms with E-state index in [4.69, 9.17) is 10.5 Å². The van der Waals surface area contributed by atoms with Gasteiger partial charge >= 0.3 is 0 Å². The van der Waals surface area contributed by atoms with Crippen molar-refractivity contribution in [3.05, 3.63) is 30.1 Å². The number of aromatic nitrogens is 1. The molecule has 5 heteroatoms. The fraction of sp³-hybridized carbons (Fsp3) is 0.400. The van der Waals surface area contributed by atoms with E-state index in [1.165, 1.54) is 0 Å². The minimum atomic E-state index is 0.0969. The summed E-state index contributed by atoms with van der Waals surface area (Å²) in [4.78, 5) is 6.41. The van der Waals surface area contributed by atoms with Crippen molar-refractivity contribution in [2.75, 3.05) is 44.0 Å². The van der Waals surface area contributed by atoms with Crippen molar-refractivity contribution >= 4 is 22.1 Å². The molecule has 0 spiro atoms. The lowest BCUT2D eigenvalue weighted by molar-refractivity contribution is 0.203. The summed E-state index contributed by atoms with van der Waals surface area (Å²) in [6, 6.07) is 5.90. The maximum absolute atomic E-state index is 9.26. The first kappa shape index (κ1) is 14.6. The van der Waals surface area contributed by atoms with Crippen LogP contribution in [-0.4, -0.2) is 43.5 Å². The number of methoxy groups -OCH3 is 1. The second kappa shape index (κ2) is 6.54. The Hall–Kier alpha value is -1.85. The Kier molecular flexibility index (Phi) is 4.76. The molecule has 20 heavy (non-hydrogen) atoms. The van der Waals surface area contributed by atoms with Crippen molar-refractivity contribution in [3.63, 3.8) is 0 Å².